The molecule has 2 aliphatic rings. The molecule has 0 spiro atoms. The number of anilines is 1. The fourth-order valence-corrected chi connectivity index (χ4v) is 2.62. The number of nitrogens with one attached hydrogen (secondary N) is 2. The Morgan fingerprint density at radius 3 is 2.90 bits per heavy atom. The number of pyridine rings is 1. The third-order valence-corrected chi connectivity index (χ3v) is 3.93. The van der Waals surface area contributed by atoms with Gasteiger partial charge in [-0.15, -0.1) is 0 Å². The molecule has 1 aromatic rings. The van der Waals surface area contributed by atoms with Crippen molar-refractivity contribution in [2.75, 3.05) is 18.4 Å². The molecule has 6 nitrogen and oxygen atoms in total. The molecule has 1 aliphatic carbocycles. The number of amides is 3. The smallest absolute Gasteiger partial charge is 0.320 e. The van der Waals surface area contributed by atoms with Crippen molar-refractivity contribution in [2.45, 2.75) is 32.2 Å². The first-order chi connectivity index (χ1) is 10.1. The zero-order valence-corrected chi connectivity index (χ0v) is 12.1. The van der Waals surface area contributed by atoms with Gasteiger partial charge in [0, 0.05) is 37.7 Å². The molecule has 0 unspecified atom stereocenters. The van der Waals surface area contributed by atoms with E-state index in [-0.39, 0.29) is 17.9 Å². The van der Waals surface area contributed by atoms with Gasteiger partial charge in [0.1, 0.15) is 5.82 Å². The van der Waals surface area contributed by atoms with Crippen LogP contribution in [0, 0.1) is 12.8 Å². The number of rotatable bonds is 4. The van der Waals surface area contributed by atoms with E-state index in [1.165, 1.54) is 0 Å². The Bertz CT molecular complexity index is 539. The van der Waals surface area contributed by atoms with Crippen LogP contribution in [0.5, 0.6) is 0 Å². The van der Waals surface area contributed by atoms with Gasteiger partial charge in [-0.05, 0) is 31.4 Å². The molecule has 6 heteroatoms. The van der Waals surface area contributed by atoms with Gasteiger partial charge in [-0.1, -0.05) is 6.07 Å². The Hall–Kier alpha value is -2.11. The Balaban J connectivity index is 1.43. The average molecular weight is 288 g/mol. The summed E-state index contributed by atoms with van der Waals surface area (Å²) in [5, 5.41) is 5.51. The second kappa shape index (κ2) is 5.71. The molecular weight excluding hydrogens is 268 g/mol. The van der Waals surface area contributed by atoms with Crippen LogP contribution < -0.4 is 10.6 Å². The van der Waals surface area contributed by atoms with Crippen molar-refractivity contribution >= 4 is 17.8 Å². The number of hydrogen-bond donors (Lipinski definition) is 2. The van der Waals surface area contributed by atoms with E-state index in [1.807, 2.05) is 17.9 Å². The number of nitrogens with zero attached hydrogens (tertiary/aromatic N) is 2. The summed E-state index contributed by atoms with van der Waals surface area (Å²) < 4.78 is 0. The molecule has 0 radical (unpaired) electrons. The third kappa shape index (κ3) is 3.51. The maximum Gasteiger partial charge on any atom is 0.320 e. The second-order valence-electron chi connectivity index (χ2n) is 5.90. The van der Waals surface area contributed by atoms with Crippen LogP contribution in [0.3, 0.4) is 0 Å². The minimum Gasteiger partial charge on any atom is -0.339 e. The highest BCUT2D eigenvalue weighted by Crippen LogP contribution is 2.32. The summed E-state index contributed by atoms with van der Waals surface area (Å²) >= 11 is 0. The fraction of sp³-hybridized carbons (Fsp3) is 0.533. The Labute approximate surface area is 123 Å². The Kier molecular flexibility index (Phi) is 3.77. The number of aryl methyl sites for hydroxylation is 1. The number of urea groups is 1. The van der Waals surface area contributed by atoms with E-state index in [0.29, 0.717) is 24.8 Å². The van der Waals surface area contributed by atoms with E-state index in [0.717, 1.165) is 24.9 Å². The number of aromatic nitrogens is 1. The van der Waals surface area contributed by atoms with Crippen LogP contribution in [0.4, 0.5) is 10.6 Å². The van der Waals surface area contributed by atoms with Crippen molar-refractivity contribution in [1.82, 2.24) is 15.2 Å². The van der Waals surface area contributed by atoms with E-state index < -0.39 is 0 Å². The predicted molar refractivity (Wildman–Crippen MR) is 78.8 cm³/mol. The second-order valence-corrected chi connectivity index (χ2v) is 5.90. The minimum atomic E-state index is -0.274. The minimum absolute atomic E-state index is 0.217. The molecular formula is C15H20N4O2. The summed E-state index contributed by atoms with van der Waals surface area (Å²) in [6, 6.07) is 3.85. The lowest BCUT2D eigenvalue weighted by Gasteiger charge is -2.15. The molecule has 21 heavy (non-hydrogen) atoms. The van der Waals surface area contributed by atoms with Crippen molar-refractivity contribution in [2.24, 2.45) is 5.92 Å². The molecule has 1 aromatic heterocycles. The molecule has 3 amide bonds. The first kappa shape index (κ1) is 13.9. The Morgan fingerprint density at radius 1 is 1.43 bits per heavy atom. The number of carbonyl (C=O) groups excluding carboxylic acids is 2. The molecule has 1 aliphatic heterocycles. The van der Waals surface area contributed by atoms with E-state index in [1.54, 1.807) is 12.3 Å². The SMILES string of the molecule is Cc1ccc(NC(=O)NC[C@@H]2CC(=O)N(C3CC3)C2)nc1. The van der Waals surface area contributed by atoms with Crippen molar-refractivity contribution in [3.8, 4) is 0 Å². The largest absolute Gasteiger partial charge is 0.339 e. The highest BCUT2D eigenvalue weighted by molar-refractivity contribution is 5.88. The molecule has 1 saturated heterocycles. The first-order valence-electron chi connectivity index (χ1n) is 7.39. The summed E-state index contributed by atoms with van der Waals surface area (Å²) in [7, 11) is 0. The lowest BCUT2D eigenvalue weighted by Crippen LogP contribution is -2.34. The van der Waals surface area contributed by atoms with Crippen LogP contribution in [0.1, 0.15) is 24.8 Å². The predicted octanol–water partition coefficient (Wildman–Crippen LogP) is 1.52. The monoisotopic (exact) mass is 288 g/mol. The normalized spacial score (nSPS) is 21.5. The summed E-state index contributed by atoms with van der Waals surface area (Å²) in [6.45, 7) is 3.23. The maximum absolute atomic E-state index is 11.8. The van der Waals surface area contributed by atoms with Crippen LogP contribution in [-0.2, 0) is 4.79 Å². The molecule has 2 heterocycles. The van der Waals surface area contributed by atoms with Crippen molar-refractivity contribution < 1.29 is 9.59 Å². The highest BCUT2D eigenvalue weighted by atomic mass is 16.2. The topological polar surface area (TPSA) is 74.3 Å². The van der Waals surface area contributed by atoms with Crippen LogP contribution in [0.15, 0.2) is 18.3 Å². The summed E-state index contributed by atoms with van der Waals surface area (Å²) in [4.78, 5) is 29.7. The van der Waals surface area contributed by atoms with Crippen molar-refractivity contribution in [3.05, 3.63) is 23.9 Å². The average Bonchev–Trinajstić information content (AvgIpc) is 3.23. The molecule has 112 valence electrons. The van der Waals surface area contributed by atoms with E-state index in [4.69, 9.17) is 0 Å². The van der Waals surface area contributed by atoms with Crippen molar-refractivity contribution in [1.29, 1.82) is 0 Å². The van der Waals surface area contributed by atoms with Gasteiger partial charge in [0.05, 0.1) is 0 Å². The van der Waals surface area contributed by atoms with E-state index >= 15 is 0 Å². The van der Waals surface area contributed by atoms with Gasteiger partial charge in [0.2, 0.25) is 5.91 Å². The molecule has 2 fully saturated rings. The summed E-state index contributed by atoms with van der Waals surface area (Å²) in [5.41, 5.74) is 1.05. The standard InChI is InChI=1S/C15H20N4O2/c1-10-2-5-13(16-7-10)18-15(21)17-8-11-6-14(20)19(9-11)12-3-4-12/h2,5,7,11-12H,3-4,6,8-9H2,1H3,(H2,16,17,18,21)/t11-/m0/s1. The van der Waals surface area contributed by atoms with Crippen LogP contribution in [0.25, 0.3) is 0 Å². The molecule has 0 bridgehead atoms. The quantitative estimate of drug-likeness (QED) is 0.882. The van der Waals surface area contributed by atoms with Gasteiger partial charge >= 0.3 is 6.03 Å². The Morgan fingerprint density at radius 2 is 2.24 bits per heavy atom. The van der Waals surface area contributed by atoms with Gasteiger partial charge in [0.15, 0.2) is 0 Å². The van der Waals surface area contributed by atoms with Gasteiger partial charge < -0.3 is 10.2 Å². The molecule has 0 aromatic carbocycles. The van der Waals surface area contributed by atoms with E-state index in [9.17, 15) is 9.59 Å². The van der Waals surface area contributed by atoms with Crippen LogP contribution in [-0.4, -0.2) is 41.0 Å². The summed E-state index contributed by atoms with van der Waals surface area (Å²) in [6.07, 6.45) is 4.51. The van der Waals surface area contributed by atoms with Crippen LogP contribution in [0.2, 0.25) is 0 Å². The zero-order chi connectivity index (χ0) is 14.8. The van der Waals surface area contributed by atoms with Gasteiger partial charge in [0.25, 0.3) is 0 Å². The molecule has 2 N–H and O–H groups in total. The number of carbonyl (C=O) groups is 2. The van der Waals surface area contributed by atoms with Crippen LogP contribution >= 0.6 is 0 Å². The summed E-state index contributed by atoms with van der Waals surface area (Å²) in [5.74, 6) is 0.972. The first-order valence-corrected chi connectivity index (χ1v) is 7.39. The van der Waals surface area contributed by atoms with E-state index in [2.05, 4.69) is 15.6 Å². The lowest BCUT2D eigenvalue weighted by molar-refractivity contribution is -0.128. The molecule has 1 saturated carbocycles. The van der Waals surface area contributed by atoms with Gasteiger partial charge in [-0.2, -0.15) is 0 Å². The maximum atomic E-state index is 11.8. The molecule has 3 rings (SSSR count). The van der Waals surface area contributed by atoms with Gasteiger partial charge in [-0.25, -0.2) is 9.78 Å². The number of likely N-dealkylation sites (tertiary alicyclic amines) is 1. The fourth-order valence-electron chi connectivity index (χ4n) is 2.62. The lowest BCUT2D eigenvalue weighted by atomic mass is 10.1. The number of hydrogen-bond acceptors (Lipinski definition) is 3. The molecule has 1 atom stereocenters. The van der Waals surface area contributed by atoms with Crippen molar-refractivity contribution in [3.63, 3.8) is 0 Å². The highest BCUT2D eigenvalue weighted by Gasteiger charge is 2.39. The third-order valence-electron chi connectivity index (χ3n) is 3.93. The zero-order valence-electron chi connectivity index (χ0n) is 12.1. The van der Waals surface area contributed by atoms with Gasteiger partial charge in [-0.3, -0.25) is 10.1 Å².